The molecule has 1 aromatic carbocycles. The molecule has 140 valence electrons. The Morgan fingerprint density at radius 3 is 2.52 bits per heavy atom. The number of pyridine rings is 1. The summed E-state index contributed by atoms with van der Waals surface area (Å²) in [6.45, 7) is 2.74. The number of amides is 2. The molecule has 6 heteroatoms. The van der Waals surface area contributed by atoms with Crippen LogP contribution in [0.5, 0.6) is 0 Å². The van der Waals surface area contributed by atoms with Crippen molar-refractivity contribution in [2.45, 2.75) is 25.8 Å². The summed E-state index contributed by atoms with van der Waals surface area (Å²) >= 11 is 5.94. The van der Waals surface area contributed by atoms with E-state index in [-0.39, 0.29) is 17.2 Å². The molecule has 2 amide bonds. The molecule has 5 nitrogen and oxygen atoms in total. The lowest BCUT2D eigenvalue weighted by Gasteiger charge is -2.38. The fraction of sp³-hybridized carbons (Fsp3) is 0.381. The zero-order chi connectivity index (χ0) is 18.9. The fourth-order valence-corrected chi connectivity index (χ4v) is 4.23. The van der Waals surface area contributed by atoms with Gasteiger partial charge in [0, 0.05) is 49.2 Å². The predicted octanol–water partition coefficient (Wildman–Crippen LogP) is 3.39. The molecule has 0 N–H and O–H groups in total. The molecule has 0 saturated carbocycles. The summed E-state index contributed by atoms with van der Waals surface area (Å²) in [5, 5.41) is 0.702. The molecule has 27 heavy (non-hydrogen) atoms. The first-order valence-electron chi connectivity index (χ1n) is 9.27. The maximum Gasteiger partial charge on any atom is 0.272 e. The lowest BCUT2D eigenvalue weighted by atomic mass is 9.77. The van der Waals surface area contributed by atoms with Gasteiger partial charge < -0.3 is 9.80 Å². The van der Waals surface area contributed by atoms with Crippen LogP contribution < -0.4 is 0 Å². The number of carbonyl (C=O) groups is 2. The molecule has 1 spiro atoms. The maximum atomic E-state index is 12.6. The van der Waals surface area contributed by atoms with Gasteiger partial charge in [-0.3, -0.25) is 14.6 Å². The zero-order valence-corrected chi connectivity index (χ0v) is 15.9. The summed E-state index contributed by atoms with van der Waals surface area (Å²) in [6.07, 6.45) is 3.93. The Hall–Kier alpha value is -2.40. The van der Waals surface area contributed by atoms with Gasteiger partial charge in [-0.05, 0) is 42.7 Å². The fourth-order valence-electron chi connectivity index (χ4n) is 4.11. The lowest BCUT2D eigenvalue weighted by Crippen LogP contribution is -2.44. The number of halogens is 1. The summed E-state index contributed by atoms with van der Waals surface area (Å²) in [5.74, 6) is 0.183. The molecule has 2 aliphatic rings. The monoisotopic (exact) mass is 383 g/mol. The van der Waals surface area contributed by atoms with Crippen LogP contribution in [0.3, 0.4) is 0 Å². The second kappa shape index (κ2) is 7.31. The molecule has 2 saturated heterocycles. The standard InChI is InChI=1S/C21H22ClN3O2/c22-17-6-4-16(5-7-17)14-25-15-21(13-19(25)26)8-11-24(12-9-21)20(27)18-3-1-2-10-23-18/h1-7,10H,8-9,11-15H2. The maximum absolute atomic E-state index is 12.6. The molecular formula is C21H22ClN3O2. The molecule has 4 rings (SSSR count). The minimum absolute atomic E-state index is 0.00952. The Morgan fingerprint density at radius 2 is 1.85 bits per heavy atom. The van der Waals surface area contributed by atoms with Crippen LogP contribution in [0.25, 0.3) is 0 Å². The highest BCUT2D eigenvalue weighted by Crippen LogP contribution is 2.41. The molecule has 0 atom stereocenters. The van der Waals surface area contributed by atoms with Crippen LogP contribution >= 0.6 is 11.6 Å². The van der Waals surface area contributed by atoms with E-state index in [0.717, 1.165) is 24.9 Å². The van der Waals surface area contributed by atoms with Crippen molar-refractivity contribution < 1.29 is 9.59 Å². The van der Waals surface area contributed by atoms with Crippen molar-refractivity contribution in [3.8, 4) is 0 Å². The van der Waals surface area contributed by atoms with Gasteiger partial charge in [-0.25, -0.2) is 0 Å². The lowest BCUT2D eigenvalue weighted by molar-refractivity contribution is -0.128. The summed E-state index contributed by atoms with van der Waals surface area (Å²) in [7, 11) is 0. The van der Waals surface area contributed by atoms with Gasteiger partial charge in [-0.15, -0.1) is 0 Å². The largest absolute Gasteiger partial charge is 0.338 e. The first kappa shape index (κ1) is 18.0. The number of aromatic nitrogens is 1. The summed E-state index contributed by atoms with van der Waals surface area (Å²) in [4.78, 5) is 33.1. The molecule has 0 unspecified atom stereocenters. The van der Waals surface area contributed by atoms with Crippen LogP contribution in [0.1, 0.15) is 35.3 Å². The highest BCUT2D eigenvalue weighted by Gasteiger charge is 2.45. The number of rotatable bonds is 3. The van der Waals surface area contributed by atoms with Crippen molar-refractivity contribution in [3.05, 3.63) is 64.9 Å². The minimum Gasteiger partial charge on any atom is -0.338 e. The molecule has 0 radical (unpaired) electrons. The normalized spacial score (nSPS) is 18.9. The van der Waals surface area contributed by atoms with E-state index in [1.54, 1.807) is 18.3 Å². The Morgan fingerprint density at radius 1 is 1.11 bits per heavy atom. The third kappa shape index (κ3) is 3.83. The van der Waals surface area contributed by atoms with Crippen molar-refractivity contribution in [2.24, 2.45) is 5.41 Å². The van der Waals surface area contributed by atoms with Gasteiger partial charge in [0.1, 0.15) is 5.69 Å². The van der Waals surface area contributed by atoms with Gasteiger partial charge in [0.05, 0.1) is 0 Å². The zero-order valence-electron chi connectivity index (χ0n) is 15.1. The number of carbonyl (C=O) groups excluding carboxylic acids is 2. The van der Waals surface area contributed by atoms with E-state index in [4.69, 9.17) is 11.6 Å². The van der Waals surface area contributed by atoms with Crippen molar-refractivity contribution in [1.82, 2.24) is 14.8 Å². The number of hydrogen-bond acceptors (Lipinski definition) is 3. The van der Waals surface area contributed by atoms with E-state index < -0.39 is 0 Å². The highest BCUT2D eigenvalue weighted by molar-refractivity contribution is 6.30. The Balaban J connectivity index is 1.37. The first-order valence-corrected chi connectivity index (χ1v) is 9.65. The molecule has 0 aliphatic carbocycles. The van der Waals surface area contributed by atoms with Crippen molar-refractivity contribution >= 4 is 23.4 Å². The van der Waals surface area contributed by atoms with Crippen LogP contribution in [0, 0.1) is 5.41 Å². The molecule has 2 fully saturated rings. The number of benzene rings is 1. The third-order valence-electron chi connectivity index (χ3n) is 5.69. The van der Waals surface area contributed by atoms with Gasteiger partial charge in [0.2, 0.25) is 5.91 Å². The highest BCUT2D eigenvalue weighted by atomic mass is 35.5. The smallest absolute Gasteiger partial charge is 0.272 e. The quantitative estimate of drug-likeness (QED) is 0.816. The Bertz CT molecular complexity index is 830. The summed E-state index contributed by atoms with van der Waals surface area (Å²) in [5.41, 5.74) is 1.57. The Kier molecular flexibility index (Phi) is 4.87. The molecule has 2 aliphatic heterocycles. The minimum atomic E-state index is -0.0206. The van der Waals surface area contributed by atoms with Crippen molar-refractivity contribution in [3.63, 3.8) is 0 Å². The number of likely N-dealkylation sites (tertiary alicyclic amines) is 2. The first-order chi connectivity index (χ1) is 13.0. The molecule has 1 aromatic heterocycles. The van der Waals surface area contributed by atoms with Crippen LogP contribution in [0.4, 0.5) is 0 Å². The van der Waals surface area contributed by atoms with Gasteiger partial charge in [0.25, 0.3) is 5.91 Å². The van der Waals surface area contributed by atoms with E-state index in [1.165, 1.54) is 0 Å². The Labute approximate surface area is 163 Å². The molecule has 2 aromatic rings. The van der Waals surface area contributed by atoms with Crippen LogP contribution in [0.15, 0.2) is 48.7 Å². The SMILES string of the molecule is O=C1CC2(CCN(C(=O)c3ccccn3)CC2)CN1Cc1ccc(Cl)cc1. The predicted molar refractivity (Wildman–Crippen MR) is 103 cm³/mol. The van der Waals surface area contributed by atoms with Gasteiger partial charge in [-0.1, -0.05) is 29.8 Å². The van der Waals surface area contributed by atoms with Crippen molar-refractivity contribution in [1.29, 1.82) is 0 Å². The molecule has 0 bridgehead atoms. The van der Waals surface area contributed by atoms with Gasteiger partial charge in [0.15, 0.2) is 0 Å². The van der Waals surface area contributed by atoms with Gasteiger partial charge in [-0.2, -0.15) is 0 Å². The average molecular weight is 384 g/mol. The van der Waals surface area contributed by atoms with Gasteiger partial charge >= 0.3 is 0 Å². The van der Waals surface area contributed by atoms with E-state index in [2.05, 4.69) is 4.98 Å². The number of hydrogen-bond donors (Lipinski definition) is 0. The van der Waals surface area contributed by atoms with Crippen LogP contribution in [0.2, 0.25) is 5.02 Å². The van der Waals surface area contributed by atoms with Crippen LogP contribution in [-0.4, -0.2) is 46.2 Å². The summed E-state index contributed by atoms with van der Waals surface area (Å²) < 4.78 is 0. The van der Waals surface area contributed by atoms with Crippen LogP contribution in [-0.2, 0) is 11.3 Å². The van der Waals surface area contributed by atoms with E-state index in [0.29, 0.717) is 36.8 Å². The number of piperidine rings is 1. The third-order valence-corrected chi connectivity index (χ3v) is 5.94. The van der Waals surface area contributed by atoms with Crippen molar-refractivity contribution in [2.75, 3.05) is 19.6 Å². The molecule has 3 heterocycles. The average Bonchev–Trinajstić information content (AvgIpc) is 2.99. The second-order valence-corrected chi connectivity index (χ2v) is 8.00. The van der Waals surface area contributed by atoms with E-state index >= 15 is 0 Å². The number of nitrogens with zero attached hydrogens (tertiary/aromatic N) is 3. The van der Waals surface area contributed by atoms with E-state index in [1.807, 2.05) is 40.1 Å². The summed E-state index contributed by atoms with van der Waals surface area (Å²) in [6, 6.07) is 13.0. The second-order valence-electron chi connectivity index (χ2n) is 7.56. The van der Waals surface area contributed by atoms with E-state index in [9.17, 15) is 9.59 Å². The topological polar surface area (TPSA) is 53.5 Å². The molecular weight excluding hydrogens is 362 g/mol.